The summed E-state index contributed by atoms with van der Waals surface area (Å²) in [5, 5.41) is 1.01. The average Bonchev–Trinajstić information content (AvgIpc) is 2.60. The lowest BCUT2D eigenvalue weighted by Gasteiger charge is -2.29. The quantitative estimate of drug-likeness (QED) is 0.926. The van der Waals surface area contributed by atoms with E-state index in [9.17, 15) is 18.0 Å². The Morgan fingerprint density at radius 2 is 1.90 bits per heavy atom. The lowest BCUT2D eigenvalue weighted by molar-refractivity contribution is -0.188. The molecule has 1 atom stereocenters. The maximum absolute atomic E-state index is 13.2. The topological polar surface area (TPSA) is 32.3 Å². The summed E-state index contributed by atoms with van der Waals surface area (Å²) < 4.78 is 39.7. The van der Waals surface area contributed by atoms with Crippen LogP contribution in [0.2, 0.25) is 0 Å². The first-order chi connectivity index (χ1) is 9.20. The molecule has 2 rings (SSSR count). The van der Waals surface area contributed by atoms with E-state index >= 15 is 0 Å². The van der Waals surface area contributed by atoms with Gasteiger partial charge in [0.15, 0.2) is 0 Å². The van der Waals surface area contributed by atoms with Crippen LogP contribution in [0.25, 0.3) is 0 Å². The van der Waals surface area contributed by atoms with Crippen LogP contribution in [0.15, 0.2) is 30.3 Å². The van der Waals surface area contributed by atoms with Gasteiger partial charge < -0.3 is 0 Å². The summed E-state index contributed by atoms with van der Waals surface area (Å²) in [4.78, 5) is 11.7. The summed E-state index contributed by atoms with van der Waals surface area (Å²) in [6.45, 7) is 3.32. The zero-order chi connectivity index (χ0) is 15.0. The first kappa shape index (κ1) is 14.8. The summed E-state index contributed by atoms with van der Waals surface area (Å²) in [5.41, 5.74) is 2.13. The number of nitrogens with zero attached hydrogens (tertiary/aromatic N) is 1. The van der Waals surface area contributed by atoms with Gasteiger partial charge in [-0.3, -0.25) is 10.2 Å². The van der Waals surface area contributed by atoms with Crippen molar-refractivity contribution >= 4 is 5.91 Å². The summed E-state index contributed by atoms with van der Waals surface area (Å²) >= 11 is 0. The van der Waals surface area contributed by atoms with Gasteiger partial charge in [-0.05, 0) is 25.8 Å². The van der Waals surface area contributed by atoms with Crippen molar-refractivity contribution in [3.05, 3.63) is 35.9 Å². The van der Waals surface area contributed by atoms with E-state index in [1.54, 1.807) is 44.2 Å². The molecule has 1 fully saturated rings. The molecule has 0 aliphatic carbocycles. The molecule has 1 aliphatic rings. The highest BCUT2D eigenvalue weighted by molar-refractivity contribution is 5.83. The van der Waals surface area contributed by atoms with Crippen molar-refractivity contribution in [1.29, 1.82) is 0 Å². The first-order valence-corrected chi connectivity index (χ1v) is 6.38. The molecule has 110 valence electrons. The molecule has 1 amide bonds. The monoisotopic (exact) mass is 286 g/mol. The second-order valence-electron chi connectivity index (χ2n) is 5.70. The number of halogens is 3. The number of alkyl halides is 3. The molecule has 6 heteroatoms. The van der Waals surface area contributed by atoms with Crippen molar-refractivity contribution in [1.82, 2.24) is 10.4 Å². The van der Waals surface area contributed by atoms with Gasteiger partial charge in [0.05, 0.1) is 5.41 Å². The van der Waals surface area contributed by atoms with E-state index in [1.807, 2.05) is 0 Å². The van der Waals surface area contributed by atoms with Crippen molar-refractivity contribution in [2.45, 2.75) is 32.5 Å². The lowest BCUT2D eigenvalue weighted by Crippen LogP contribution is -2.51. The number of hydrazine groups is 1. The number of rotatable bonds is 3. The molecule has 0 radical (unpaired) electrons. The van der Waals surface area contributed by atoms with Gasteiger partial charge in [0.25, 0.3) is 0 Å². The Labute approximate surface area is 115 Å². The average molecular weight is 286 g/mol. The Morgan fingerprint density at radius 1 is 1.30 bits per heavy atom. The van der Waals surface area contributed by atoms with E-state index in [-0.39, 0.29) is 18.9 Å². The predicted octanol–water partition coefficient (Wildman–Crippen LogP) is 2.53. The number of amides is 1. The smallest absolute Gasteiger partial charge is 0.288 e. The highest BCUT2D eigenvalue weighted by atomic mass is 19.4. The number of hydrogen-bond donors (Lipinski definition) is 1. The molecule has 1 unspecified atom stereocenters. The van der Waals surface area contributed by atoms with Crippen molar-refractivity contribution < 1.29 is 18.0 Å². The summed E-state index contributed by atoms with van der Waals surface area (Å²) in [6.07, 6.45) is -4.58. The Balaban J connectivity index is 2.20. The zero-order valence-electron chi connectivity index (χ0n) is 11.4. The van der Waals surface area contributed by atoms with Gasteiger partial charge in [-0.2, -0.15) is 13.2 Å². The second kappa shape index (κ2) is 5.09. The molecule has 0 spiro atoms. The molecule has 1 heterocycles. The standard InChI is InChI=1S/C14H17F3N2O/c1-13(2)9-19(18-12(13)20)11(14(15,16)17)8-10-6-4-3-5-7-10/h3-7,11H,8-9H2,1-2H3,(H,18,20). The Hall–Kier alpha value is -1.56. The SMILES string of the molecule is CC1(C)CN(C(Cc2ccccc2)C(F)(F)F)NC1=O. The van der Waals surface area contributed by atoms with Gasteiger partial charge >= 0.3 is 6.18 Å². The largest absolute Gasteiger partial charge is 0.406 e. The van der Waals surface area contributed by atoms with Gasteiger partial charge in [-0.1, -0.05) is 30.3 Å². The minimum atomic E-state index is -4.40. The molecule has 0 saturated carbocycles. The van der Waals surface area contributed by atoms with E-state index in [2.05, 4.69) is 5.43 Å². The normalized spacial score (nSPS) is 20.8. The van der Waals surface area contributed by atoms with Gasteiger partial charge in [-0.25, -0.2) is 5.01 Å². The molecule has 0 bridgehead atoms. The fourth-order valence-electron chi connectivity index (χ4n) is 2.25. The van der Waals surface area contributed by atoms with Crippen molar-refractivity contribution in [3.63, 3.8) is 0 Å². The van der Waals surface area contributed by atoms with Crippen LogP contribution in [-0.2, 0) is 11.2 Å². The van der Waals surface area contributed by atoms with E-state index in [1.165, 1.54) is 0 Å². The van der Waals surface area contributed by atoms with Crippen LogP contribution >= 0.6 is 0 Å². The Kier molecular flexibility index (Phi) is 3.77. The fourth-order valence-corrected chi connectivity index (χ4v) is 2.25. The molecular formula is C14H17F3N2O. The number of hydrogen-bond acceptors (Lipinski definition) is 2. The first-order valence-electron chi connectivity index (χ1n) is 6.38. The maximum Gasteiger partial charge on any atom is 0.406 e. The minimum Gasteiger partial charge on any atom is -0.288 e. The third-order valence-corrected chi connectivity index (χ3v) is 3.45. The maximum atomic E-state index is 13.2. The number of carbonyl (C=O) groups is 1. The number of benzene rings is 1. The molecular weight excluding hydrogens is 269 g/mol. The molecule has 1 aromatic rings. The number of carbonyl (C=O) groups excluding carboxylic acids is 1. The van der Waals surface area contributed by atoms with Crippen LogP contribution in [0.5, 0.6) is 0 Å². The molecule has 1 aliphatic heterocycles. The minimum absolute atomic E-state index is 0.0445. The molecule has 20 heavy (non-hydrogen) atoms. The number of nitrogens with one attached hydrogen (secondary N) is 1. The predicted molar refractivity (Wildman–Crippen MR) is 68.6 cm³/mol. The van der Waals surface area contributed by atoms with Crippen LogP contribution in [0, 0.1) is 5.41 Å². The Bertz CT molecular complexity index is 485. The van der Waals surface area contributed by atoms with Crippen molar-refractivity contribution in [2.75, 3.05) is 6.54 Å². The van der Waals surface area contributed by atoms with Crippen LogP contribution < -0.4 is 5.43 Å². The summed E-state index contributed by atoms with van der Waals surface area (Å²) in [7, 11) is 0. The second-order valence-corrected chi connectivity index (χ2v) is 5.70. The molecule has 3 nitrogen and oxygen atoms in total. The molecule has 1 saturated heterocycles. The summed E-state index contributed by atoms with van der Waals surface area (Å²) in [6, 6.07) is 6.76. The third-order valence-electron chi connectivity index (χ3n) is 3.45. The van der Waals surface area contributed by atoms with E-state index < -0.39 is 17.6 Å². The molecule has 1 N–H and O–H groups in total. The van der Waals surface area contributed by atoms with Crippen LogP contribution in [0.4, 0.5) is 13.2 Å². The van der Waals surface area contributed by atoms with E-state index in [0.29, 0.717) is 5.56 Å². The molecule has 0 aromatic heterocycles. The van der Waals surface area contributed by atoms with E-state index in [4.69, 9.17) is 0 Å². The van der Waals surface area contributed by atoms with Crippen molar-refractivity contribution in [3.8, 4) is 0 Å². The van der Waals surface area contributed by atoms with Crippen LogP contribution in [0.3, 0.4) is 0 Å². The summed E-state index contributed by atoms with van der Waals surface area (Å²) in [5.74, 6) is -0.375. The van der Waals surface area contributed by atoms with Gasteiger partial charge in [0.1, 0.15) is 6.04 Å². The van der Waals surface area contributed by atoms with Crippen molar-refractivity contribution in [2.24, 2.45) is 5.41 Å². The fraction of sp³-hybridized carbons (Fsp3) is 0.500. The Morgan fingerprint density at radius 3 is 2.35 bits per heavy atom. The van der Waals surface area contributed by atoms with E-state index in [0.717, 1.165) is 5.01 Å². The highest BCUT2D eigenvalue weighted by Gasteiger charge is 2.50. The lowest BCUT2D eigenvalue weighted by atomic mass is 9.94. The molecule has 1 aromatic carbocycles. The third kappa shape index (κ3) is 3.12. The zero-order valence-corrected chi connectivity index (χ0v) is 11.4. The van der Waals surface area contributed by atoms with Gasteiger partial charge in [0, 0.05) is 6.54 Å². The van der Waals surface area contributed by atoms with Crippen LogP contribution in [0.1, 0.15) is 19.4 Å². The highest BCUT2D eigenvalue weighted by Crippen LogP contribution is 2.32. The van der Waals surface area contributed by atoms with Crippen LogP contribution in [-0.4, -0.2) is 29.7 Å². The van der Waals surface area contributed by atoms with Gasteiger partial charge in [-0.15, -0.1) is 0 Å². The van der Waals surface area contributed by atoms with Gasteiger partial charge in [0.2, 0.25) is 5.91 Å².